The second-order valence-corrected chi connectivity index (χ2v) is 4.47. The van der Waals surface area contributed by atoms with Crippen molar-refractivity contribution in [2.24, 2.45) is 0 Å². The number of nitrogens with one attached hydrogen (secondary N) is 1. The van der Waals surface area contributed by atoms with Crippen molar-refractivity contribution in [2.45, 2.75) is 51.7 Å². The van der Waals surface area contributed by atoms with Crippen LogP contribution in [0.25, 0.3) is 0 Å². The van der Waals surface area contributed by atoms with Crippen LogP contribution in [-0.4, -0.2) is 15.3 Å². The molecule has 1 fully saturated rings. The highest BCUT2D eigenvalue weighted by molar-refractivity contribution is 5.05. The zero-order chi connectivity index (χ0) is 10.0. The van der Waals surface area contributed by atoms with Crippen molar-refractivity contribution in [3.8, 4) is 0 Å². The number of hydrogen-bond donors (Lipinski definition) is 1. The fraction of sp³-hybridized carbons (Fsp3) is 0.727. The summed E-state index contributed by atoms with van der Waals surface area (Å²) in [5.41, 5.74) is 1.69. The quantitative estimate of drug-likeness (QED) is 0.792. The predicted octanol–water partition coefficient (Wildman–Crippen LogP) is 1.94. The zero-order valence-electron chi connectivity index (χ0n) is 9.08. The van der Waals surface area contributed by atoms with Gasteiger partial charge in [0.05, 0.1) is 6.20 Å². The third-order valence-electron chi connectivity index (χ3n) is 3.19. The van der Waals surface area contributed by atoms with Gasteiger partial charge in [-0.3, -0.25) is 4.68 Å². The van der Waals surface area contributed by atoms with E-state index in [4.69, 9.17) is 0 Å². The molecule has 0 bridgehead atoms. The molecule has 0 radical (unpaired) electrons. The molecule has 0 aromatic carbocycles. The van der Waals surface area contributed by atoms with Gasteiger partial charge in [-0.2, -0.15) is 5.10 Å². The first-order valence-electron chi connectivity index (χ1n) is 5.48. The summed E-state index contributed by atoms with van der Waals surface area (Å²) in [6, 6.07) is 0. The van der Waals surface area contributed by atoms with Crippen LogP contribution in [0.1, 0.15) is 38.7 Å². The van der Waals surface area contributed by atoms with Crippen molar-refractivity contribution in [2.75, 3.05) is 0 Å². The van der Waals surface area contributed by atoms with E-state index in [2.05, 4.69) is 30.5 Å². The van der Waals surface area contributed by atoms with Gasteiger partial charge in [0.25, 0.3) is 0 Å². The van der Waals surface area contributed by atoms with Crippen molar-refractivity contribution in [1.82, 2.24) is 15.1 Å². The standard InChI is InChI=1S/C11H19N3/c1-3-14-9-10(8-13-14)7-12-11(2)5-4-6-11/h8-9,12H,3-7H2,1-2H3. The van der Waals surface area contributed by atoms with Crippen LogP contribution in [0.2, 0.25) is 0 Å². The van der Waals surface area contributed by atoms with Crippen LogP contribution in [0.15, 0.2) is 12.4 Å². The van der Waals surface area contributed by atoms with Gasteiger partial charge in [-0.15, -0.1) is 0 Å². The second-order valence-electron chi connectivity index (χ2n) is 4.47. The van der Waals surface area contributed by atoms with Crippen molar-refractivity contribution < 1.29 is 0 Å². The highest BCUT2D eigenvalue weighted by Crippen LogP contribution is 2.31. The molecule has 3 nitrogen and oxygen atoms in total. The Labute approximate surface area is 85.5 Å². The number of aromatic nitrogens is 2. The third-order valence-corrected chi connectivity index (χ3v) is 3.19. The first-order valence-corrected chi connectivity index (χ1v) is 5.48. The van der Waals surface area contributed by atoms with E-state index >= 15 is 0 Å². The van der Waals surface area contributed by atoms with Crippen LogP contribution in [0, 0.1) is 0 Å². The van der Waals surface area contributed by atoms with Gasteiger partial charge in [-0.1, -0.05) is 0 Å². The van der Waals surface area contributed by atoms with Crippen molar-refractivity contribution >= 4 is 0 Å². The molecule has 14 heavy (non-hydrogen) atoms. The monoisotopic (exact) mass is 193 g/mol. The van der Waals surface area contributed by atoms with E-state index in [1.165, 1.54) is 24.8 Å². The second kappa shape index (κ2) is 3.73. The van der Waals surface area contributed by atoms with E-state index in [9.17, 15) is 0 Å². The van der Waals surface area contributed by atoms with Crippen molar-refractivity contribution in [3.63, 3.8) is 0 Å². The Morgan fingerprint density at radius 2 is 2.36 bits per heavy atom. The highest BCUT2D eigenvalue weighted by Gasteiger charge is 2.30. The summed E-state index contributed by atoms with van der Waals surface area (Å²) in [4.78, 5) is 0. The first kappa shape index (κ1) is 9.71. The lowest BCUT2D eigenvalue weighted by Gasteiger charge is -2.39. The minimum atomic E-state index is 0.397. The molecule has 1 saturated carbocycles. The van der Waals surface area contributed by atoms with Crippen LogP contribution >= 0.6 is 0 Å². The Morgan fingerprint density at radius 3 is 2.86 bits per heavy atom. The van der Waals surface area contributed by atoms with Gasteiger partial charge in [0.15, 0.2) is 0 Å². The highest BCUT2D eigenvalue weighted by atomic mass is 15.3. The number of aryl methyl sites for hydroxylation is 1. The molecule has 1 aromatic rings. The Bertz CT molecular complexity index is 299. The summed E-state index contributed by atoms with van der Waals surface area (Å²) in [7, 11) is 0. The molecule has 0 saturated heterocycles. The zero-order valence-corrected chi connectivity index (χ0v) is 9.08. The lowest BCUT2D eigenvalue weighted by molar-refractivity contribution is 0.207. The van der Waals surface area contributed by atoms with E-state index in [-0.39, 0.29) is 0 Å². The molecule has 0 spiro atoms. The number of rotatable bonds is 4. The van der Waals surface area contributed by atoms with Gasteiger partial charge < -0.3 is 5.32 Å². The summed E-state index contributed by atoms with van der Waals surface area (Å²) in [6.45, 7) is 6.33. The van der Waals surface area contributed by atoms with Crippen LogP contribution < -0.4 is 5.32 Å². The topological polar surface area (TPSA) is 29.9 Å². The third kappa shape index (κ3) is 1.98. The Kier molecular flexibility index (Phi) is 2.59. The summed E-state index contributed by atoms with van der Waals surface area (Å²) in [5.74, 6) is 0. The SMILES string of the molecule is CCn1cc(CNC2(C)CCC2)cn1. The number of hydrogen-bond acceptors (Lipinski definition) is 2. The molecule has 1 N–H and O–H groups in total. The maximum atomic E-state index is 4.26. The lowest BCUT2D eigenvalue weighted by atomic mass is 9.78. The maximum Gasteiger partial charge on any atom is 0.0534 e. The van der Waals surface area contributed by atoms with Crippen LogP contribution in [0.5, 0.6) is 0 Å². The normalized spacial score (nSPS) is 19.3. The van der Waals surface area contributed by atoms with E-state index in [1.807, 2.05) is 10.9 Å². The molecule has 1 aromatic heterocycles. The van der Waals surface area contributed by atoms with E-state index in [0.717, 1.165) is 13.1 Å². The molecule has 3 heteroatoms. The Balaban J connectivity index is 1.85. The van der Waals surface area contributed by atoms with Crippen LogP contribution in [0.4, 0.5) is 0 Å². The van der Waals surface area contributed by atoms with Gasteiger partial charge in [-0.05, 0) is 33.1 Å². The number of nitrogens with zero attached hydrogens (tertiary/aromatic N) is 2. The summed E-state index contributed by atoms with van der Waals surface area (Å²) in [6.07, 6.45) is 8.08. The van der Waals surface area contributed by atoms with E-state index in [1.54, 1.807) is 0 Å². The van der Waals surface area contributed by atoms with Crippen LogP contribution in [0.3, 0.4) is 0 Å². The molecule has 0 atom stereocenters. The van der Waals surface area contributed by atoms with Gasteiger partial charge >= 0.3 is 0 Å². The smallest absolute Gasteiger partial charge is 0.0534 e. The maximum absolute atomic E-state index is 4.26. The molecular formula is C11H19N3. The van der Waals surface area contributed by atoms with Crippen molar-refractivity contribution in [3.05, 3.63) is 18.0 Å². The molecule has 0 amide bonds. The molecule has 78 valence electrons. The largest absolute Gasteiger partial charge is 0.307 e. The van der Waals surface area contributed by atoms with Crippen molar-refractivity contribution in [1.29, 1.82) is 0 Å². The average Bonchev–Trinajstić information content (AvgIpc) is 2.59. The van der Waals surface area contributed by atoms with Crippen LogP contribution in [-0.2, 0) is 13.1 Å². The van der Waals surface area contributed by atoms with E-state index in [0.29, 0.717) is 5.54 Å². The average molecular weight is 193 g/mol. The fourth-order valence-electron chi connectivity index (χ4n) is 1.87. The molecule has 1 aliphatic carbocycles. The Morgan fingerprint density at radius 1 is 1.57 bits per heavy atom. The van der Waals surface area contributed by atoms with Gasteiger partial charge in [0.1, 0.15) is 0 Å². The van der Waals surface area contributed by atoms with E-state index < -0.39 is 0 Å². The molecular weight excluding hydrogens is 174 g/mol. The molecule has 2 rings (SSSR count). The molecule has 0 aliphatic heterocycles. The Hall–Kier alpha value is -0.830. The van der Waals surface area contributed by atoms with Gasteiger partial charge in [-0.25, -0.2) is 0 Å². The van der Waals surface area contributed by atoms with Gasteiger partial charge in [0.2, 0.25) is 0 Å². The molecule has 1 aliphatic rings. The lowest BCUT2D eigenvalue weighted by Crippen LogP contribution is -2.47. The minimum absolute atomic E-state index is 0.397. The summed E-state index contributed by atoms with van der Waals surface area (Å²) >= 11 is 0. The van der Waals surface area contributed by atoms with Gasteiger partial charge in [0, 0.05) is 30.4 Å². The molecule has 1 heterocycles. The minimum Gasteiger partial charge on any atom is -0.307 e. The first-order chi connectivity index (χ1) is 6.72. The fourth-order valence-corrected chi connectivity index (χ4v) is 1.87. The summed E-state index contributed by atoms with van der Waals surface area (Å²) < 4.78 is 1.97. The predicted molar refractivity (Wildman–Crippen MR) is 57.0 cm³/mol. The summed E-state index contributed by atoms with van der Waals surface area (Å²) in [5, 5.41) is 7.85. The molecule has 0 unspecified atom stereocenters.